The van der Waals surface area contributed by atoms with E-state index in [1.54, 1.807) is 7.11 Å². The highest BCUT2D eigenvalue weighted by molar-refractivity contribution is 5.36. The number of benzene rings is 1. The van der Waals surface area contributed by atoms with Gasteiger partial charge in [-0.2, -0.15) is 0 Å². The van der Waals surface area contributed by atoms with E-state index in [2.05, 4.69) is 0 Å². The van der Waals surface area contributed by atoms with Gasteiger partial charge >= 0.3 is 0 Å². The van der Waals surface area contributed by atoms with Gasteiger partial charge in [-0.3, -0.25) is 0 Å². The molecule has 0 aromatic heterocycles. The Hall–Kier alpha value is -1.06. The van der Waals surface area contributed by atoms with E-state index in [1.165, 1.54) is 25.7 Å². The van der Waals surface area contributed by atoms with Crippen molar-refractivity contribution in [2.75, 3.05) is 20.3 Å². The molecule has 3 nitrogen and oxygen atoms in total. The molecule has 3 rings (SSSR count). The lowest BCUT2D eigenvalue weighted by molar-refractivity contribution is 0.126. The summed E-state index contributed by atoms with van der Waals surface area (Å²) < 4.78 is 10.8. The molecule has 0 bridgehead atoms. The predicted molar refractivity (Wildman–Crippen MR) is 77.7 cm³/mol. The third-order valence-corrected chi connectivity index (χ3v) is 4.87. The van der Waals surface area contributed by atoms with E-state index in [0.717, 1.165) is 23.1 Å². The molecule has 3 heteroatoms. The van der Waals surface area contributed by atoms with Crippen LogP contribution in [-0.2, 0) is 4.74 Å². The van der Waals surface area contributed by atoms with Gasteiger partial charge in [-0.05, 0) is 36.7 Å². The zero-order valence-corrected chi connectivity index (χ0v) is 12.1. The van der Waals surface area contributed by atoms with Crippen LogP contribution in [-0.4, -0.2) is 25.4 Å². The maximum atomic E-state index is 10.7. The summed E-state index contributed by atoms with van der Waals surface area (Å²) in [7, 11) is 1.67. The maximum absolute atomic E-state index is 10.7. The molecule has 0 radical (unpaired) electrons. The molecule has 0 saturated heterocycles. The van der Waals surface area contributed by atoms with E-state index in [1.807, 2.05) is 24.3 Å². The molecular formula is C17H24O3. The summed E-state index contributed by atoms with van der Waals surface area (Å²) in [5.74, 6) is 2.74. The first-order valence-electron chi connectivity index (χ1n) is 7.71. The normalized spacial score (nSPS) is 29.6. The lowest BCUT2D eigenvalue weighted by atomic mass is 10.0. The van der Waals surface area contributed by atoms with Gasteiger partial charge in [-0.25, -0.2) is 0 Å². The Morgan fingerprint density at radius 3 is 2.55 bits per heavy atom. The first-order valence-corrected chi connectivity index (χ1v) is 7.71. The van der Waals surface area contributed by atoms with E-state index in [9.17, 15) is 5.11 Å². The Bertz CT molecular complexity index is 434. The lowest BCUT2D eigenvalue weighted by Crippen LogP contribution is -2.09. The van der Waals surface area contributed by atoms with Crippen LogP contribution in [0.25, 0.3) is 0 Å². The third-order valence-electron chi connectivity index (χ3n) is 4.87. The lowest BCUT2D eigenvalue weighted by Gasteiger charge is -2.16. The van der Waals surface area contributed by atoms with Gasteiger partial charge in [0.25, 0.3) is 0 Å². The van der Waals surface area contributed by atoms with Crippen LogP contribution in [0.4, 0.5) is 0 Å². The third kappa shape index (κ3) is 2.70. The van der Waals surface area contributed by atoms with Crippen molar-refractivity contribution in [2.24, 2.45) is 17.8 Å². The fraction of sp³-hybridized carbons (Fsp3) is 0.647. The summed E-state index contributed by atoms with van der Waals surface area (Å²) in [6.45, 7) is 1.09. The maximum Gasteiger partial charge on any atom is 0.125 e. The minimum absolute atomic E-state index is 0.373. The second-order valence-corrected chi connectivity index (χ2v) is 6.01. The number of aliphatic hydroxyl groups is 1. The fourth-order valence-corrected chi connectivity index (χ4v) is 3.81. The SMILES string of the molecule is COCCOc1ccccc1C(O)C1C2CCCCC21. The number of aliphatic hydroxyl groups excluding tert-OH is 1. The topological polar surface area (TPSA) is 38.7 Å². The molecule has 1 N–H and O–H groups in total. The number of rotatable bonds is 6. The van der Waals surface area contributed by atoms with E-state index in [4.69, 9.17) is 9.47 Å². The Balaban J connectivity index is 1.69. The molecule has 3 atom stereocenters. The van der Waals surface area contributed by atoms with Crippen LogP contribution in [0.5, 0.6) is 5.75 Å². The molecule has 1 aromatic carbocycles. The largest absolute Gasteiger partial charge is 0.491 e. The molecule has 20 heavy (non-hydrogen) atoms. The summed E-state index contributed by atoms with van der Waals surface area (Å²) >= 11 is 0. The van der Waals surface area contributed by atoms with Gasteiger partial charge in [0.05, 0.1) is 12.7 Å². The van der Waals surface area contributed by atoms with Crippen LogP contribution in [0, 0.1) is 17.8 Å². The van der Waals surface area contributed by atoms with Crippen LogP contribution < -0.4 is 4.74 Å². The first-order chi connectivity index (χ1) is 9.83. The predicted octanol–water partition coefficient (Wildman–Crippen LogP) is 3.18. The van der Waals surface area contributed by atoms with Crippen molar-refractivity contribution >= 4 is 0 Å². The summed E-state index contributed by atoms with van der Waals surface area (Å²) in [5, 5.41) is 10.7. The molecular weight excluding hydrogens is 252 g/mol. The van der Waals surface area contributed by atoms with Crippen LogP contribution >= 0.6 is 0 Å². The van der Waals surface area contributed by atoms with Gasteiger partial charge in [-0.15, -0.1) is 0 Å². The molecule has 2 saturated carbocycles. The molecule has 0 heterocycles. The van der Waals surface area contributed by atoms with Crippen molar-refractivity contribution < 1.29 is 14.6 Å². The second kappa shape index (κ2) is 6.15. The quantitative estimate of drug-likeness (QED) is 0.811. The summed E-state index contributed by atoms with van der Waals surface area (Å²) in [6.07, 6.45) is 4.87. The van der Waals surface area contributed by atoms with Crippen molar-refractivity contribution in [2.45, 2.75) is 31.8 Å². The number of methoxy groups -OCH3 is 1. The Morgan fingerprint density at radius 1 is 1.15 bits per heavy atom. The van der Waals surface area contributed by atoms with Gasteiger partial charge in [0.15, 0.2) is 0 Å². The molecule has 1 aromatic rings. The van der Waals surface area contributed by atoms with Crippen LogP contribution in [0.3, 0.4) is 0 Å². The molecule has 0 aliphatic heterocycles. The Kier molecular flexibility index (Phi) is 4.27. The second-order valence-electron chi connectivity index (χ2n) is 6.01. The van der Waals surface area contributed by atoms with Gasteiger partial charge in [0, 0.05) is 12.7 Å². The zero-order chi connectivity index (χ0) is 13.9. The molecule has 110 valence electrons. The van der Waals surface area contributed by atoms with E-state index >= 15 is 0 Å². The van der Waals surface area contributed by atoms with Gasteiger partial charge in [-0.1, -0.05) is 31.0 Å². The molecule has 2 aliphatic rings. The van der Waals surface area contributed by atoms with E-state index in [-0.39, 0.29) is 6.10 Å². The monoisotopic (exact) mass is 276 g/mol. The van der Waals surface area contributed by atoms with Gasteiger partial charge in [0.2, 0.25) is 0 Å². The van der Waals surface area contributed by atoms with Crippen LogP contribution in [0.1, 0.15) is 37.4 Å². The summed E-state index contributed by atoms with van der Waals surface area (Å²) in [4.78, 5) is 0. The zero-order valence-electron chi connectivity index (χ0n) is 12.1. The molecule has 2 fully saturated rings. The van der Waals surface area contributed by atoms with E-state index in [0.29, 0.717) is 19.1 Å². The van der Waals surface area contributed by atoms with Crippen molar-refractivity contribution in [1.82, 2.24) is 0 Å². The average molecular weight is 276 g/mol. The van der Waals surface area contributed by atoms with Crippen molar-refractivity contribution in [3.63, 3.8) is 0 Å². The highest BCUT2D eigenvalue weighted by Crippen LogP contribution is 2.60. The highest BCUT2D eigenvalue weighted by atomic mass is 16.5. The minimum atomic E-state index is -0.373. The van der Waals surface area contributed by atoms with Crippen LogP contribution in [0.15, 0.2) is 24.3 Å². The van der Waals surface area contributed by atoms with Gasteiger partial charge in [0.1, 0.15) is 12.4 Å². The van der Waals surface area contributed by atoms with E-state index < -0.39 is 0 Å². The molecule has 0 amide bonds. The molecule has 0 spiro atoms. The fourth-order valence-electron chi connectivity index (χ4n) is 3.81. The average Bonchev–Trinajstić information content (AvgIpc) is 3.22. The smallest absolute Gasteiger partial charge is 0.125 e. The summed E-state index contributed by atoms with van der Waals surface area (Å²) in [5.41, 5.74) is 0.947. The molecule has 3 unspecified atom stereocenters. The number of fused-ring (bicyclic) bond motifs is 1. The highest BCUT2D eigenvalue weighted by Gasteiger charge is 2.54. The number of ether oxygens (including phenoxy) is 2. The Morgan fingerprint density at radius 2 is 1.85 bits per heavy atom. The van der Waals surface area contributed by atoms with Crippen molar-refractivity contribution in [1.29, 1.82) is 0 Å². The van der Waals surface area contributed by atoms with Crippen molar-refractivity contribution in [3.05, 3.63) is 29.8 Å². The number of para-hydroxylation sites is 1. The van der Waals surface area contributed by atoms with Crippen LogP contribution in [0.2, 0.25) is 0 Å². The molecule has 2 aliphatic carbocycles. The van der Waals surface area contributed by atoms with Crippen molar-refractivity contribution in [3.8, 4) is 5.75 Å². The summed E-state index contributed by atoms with van der Waals surface area (Å²) in [6, 6.07) is 7.88. The first kappa shape index (κ1) is 13.9. The number of hydrogen-bond donors (Lipinski definition) is 1. The standard InChI is InChI=1S/C17H24O3/c1-19-10-11-20-15-9-5-4-8-14(15)17(18)16-12-6-2-3-7-13(12)16/h4-5,8-9,12-13,16-18H,2-3,6-7,10-11H2,1H3. The van der Waals surface area contributed by atoms with Gasteiger partial charge < -0.3 is 14.6 Å². The minimum Gasteiger partial charge on any atom is -0.491 e. The Labute approximate surface area is 120 Å². The number of hydrogen-bond acceptors (Lipinski definition) is 3.